The van der Waals surface area contributed by atoms with Crippen LogP contribution in [-0.4, -0.2) is 5.78 Å². The number of carbonyl (C=O) groups excluding carboxylic acids is 1. The van der Waals surface area contributed by atoms with E-state index in [9.17, 15) is 4.79 Å². The lowest BCUT2D eigenvalue weighted by atomic mass is 9.55. The van der Waals surface area contributed by atoms with E-state index in [2.05, 4.69) is 33.8 Å². The van der Waals surface area contributed by atoms with Crippen LogP contribution in [0.4, 0.5) is 0 Å². The lowest BCUT2D eigenvalue weighted by Gasteiger charge is -2.49. The lowest BCUT2D eigenvalue weighted by Crippen LogP contribution is -2.43. The van der Waals surface area contributed by atoms with Crippen LogP contribution in [0.3, 0.4) is 0 Å². The molecule has 0 heterocycles. The van der Waals surface area contributed by atoms with E-state index in [1.165, 1.54) is 19.3 Å². The molecular formula is C16H26O. The van der Waals surface area contributed by atoms with Crippen molar-refractivity contribution < 1.29 is 4.79 Å². The molecule has 1 saturated carbocycles. The number of hydrogen-bond acceptors (Lipinski definition) is 1. The van der Waals surface area contributed by atoms with Crippen molar-refractivity contribution in [1.82, 2.24) is 0 Å². The molecule has 2 aliphatic rings. The monoisotopic (exact) mass is 234 g/mol. The normalized spacial score (nSPS) is 40.4. The summed E-state index contributed by atoms with van der Waals surface area (Å²) in [6.07, 6.45) is 7.35. The van der Waals surface area contributed by atoms with Crippen LogP contribution in [0.15, 0.2) is 11.6 Å². The molecule has 1 heteroatoms. The lowest BCUT2D eigenvalue weighted by molar-refractivity contribution is -0.129. The minimum atomic E-state index is -0.136. The van der Waals surface area contributed by atoms with Gasteiger partial charge in [0.15, 0.2) is 0 Å². The standard InChI is InChI=1S/C16H26O/c1-11-9-13-7-6-8-15(3,4)14(13)10-16(11,5)12(2)17/h9,11,14H,6-8,10H2,1-5H3/t11?,14?,16-/m1/s1. The van der Waals surface area contributed by atoms with Gasteiger partial charge in [0.2, 0.25) is 0 Å². The molecule has 17 heavy (non-hydrogen) atoms. The maximum absolute atomic E-state index is 12.0. The highest BCUT2D eigenvalue weighted by molar-refractivity contribution is 5.82. The van der Waals surface area contributed by atoms with Gasteiger partial charge >= 0.3 is 0 Å². The first-order valence-electron chi connectivity index (χ1n) is 6.99. The number of allylic oxidation sites excluding steroid dienone is 2. The van der Waals surface area contributed by atoms with Crippen LogP contribution in [0.1, 0.15) is 60.3 Å². The van der Waals surface area contributed by atoms with Crippen molar-refractivity contribution in [1.29, 1.82) is 0 Å². The number of fused-ring (bicyclic) bond motifs is 1. The molecule has 1 nitrogen and oxygen atoms in total. The highest BCUT2D eigenvalue weighted by Gasteiger charge is 2.47. The van der Waals surface area contributed by atoms with Crippen LogP contribution in [0.25, 0.3) is 0 Å². The summed E-state index contributed by atoms with van der Waals surface area (Å²) in [5, 5.41) is 0. The molecule has 2 rings (SSSR count). The third kappa shape index (κ3) is 1.98. The first-order valence-corrected chi connectivity index (χ1v) is 6.99. The minimum absolute atomic E-state index is 0.136. The van der Waals surface area contributed by atoms with Gasteiger partial charge in [-0.2, -0.15) is 0 Å². The average molecular weight is 234 g/mol. The van der Waals surface area contributed by atoms with Crippen LogP contribution in [0.5, 0.6) is 0 Å². The molecule has 0 aromatic heterocycles. The summed E-state index contributed by atoms with van der Waals surface area (Å²) >= 11 is 0. The Morgan fingerprint density at radius 2 is 2.00 bits per heavy atom. The number of ketones is 1. The fraction of sp³-hybridized carbons (Fsp3) is 0.812. The smallest absolute Gasteiger partial charge is 0.136 e. The summed E-state index contributed by atoms with van der Waals surface area (Å²) in [6.45, 7) is 10.9. The van der Waals surface area contributed by atoms with Crippen molar-refractivity contribution in [3.05, 3.63) is 11.6 Å². The Morgan fingerprint density at radius 3 is 2.59 bits per heavy atom. The molecule has 0 aromatic rings. The SMILES string of the molecule is CC(=O)[C@]1(C)CC2C(=CC1C)CCCC2(C)C. The summed E-state index contributed by atoms with van der Waals surface area (Å²) < 4.78 is 0. The topological polar surface area (TPSA) is 17.1 Å². The van der Waals surface area contributed by atoms with Gasteiger partial charge in [-0.3, -0.25) is 4.79 Å². The number of Topliss-reactive ketones (excluding diaryl/α,β-unsaturated/α-hetero) is 1. The predicted octanol–water partition coefficient (Wildman–Crippen LogP) is 4.37. The van der Waals surface area contributed by atoms with E-state index in [0.29, 0.717) is 23.0 Å². The maximum Gasteiger partial charge on any atom is 0.136 e. The van der Waals surface area contributed by atoms with Gasteiger partial charge in [-0.15, -0.1) is 0 Å². The molecule has 0 aliphatic heterocycles. The van der Waals surface area contributed by atoms with E-state index in [4.69, 9.17) is 0 Å². The van der Waals surface area contributed by atoms with Crippen molar-refractivity contribution in [3.8, 4) is 0 Å². The second-order valence-electron chi connectivity index (χ2n) is 7.10. The van der Waals surface area contributed by atoms with E-state index < -0.39 is 0 Å². The Balaban J connectivity index is 2.38. The number of hydrogen-bond donors (Lipinski definition) is 0. The van der Waals surface area contributed by atoms with Crippen molar-refractivity contribution in [3.63, 3.8) is 0 Å². The number of rotatable bonds is 1. The zero-order valence-corrected chi connectivity index (χ0v) is 12.0. The summed E-state index contributed by atoms with van der Waals surface area (Å²) in [7, 11) is 0. The molecule has 3 atom stereocenters. The van der Waals surface area contributed by atoms with Crippen LogP contribution >= 0.6 is 0 Å². The predicted molar refractivity (Wildman–Crippen MR) is 71.8 cm³/mol. The Morgan fingerprint density at radius 1 is 1.35 bits per heavy atom. The molecule has 2 aliphatic carbocycles. The summed E-state index contributed by atoms with van der Waals surface area (Å²) in [4.78, 5) is 12.0. The highest BCUT2D eigenvalue weighted by atomic mass is 16.1. The zero-order valence-electron chi connectivity index (χ0n) is 12.0. The van der Waals surface area contributed by atoms with Gasteiger partial charge in [-0.25, -0.2) is 0 Å². The zero-order chi connectivity index (χ0) is 12.8. The quantitative estimate of drug-likeness (QED) is 0.616. The van der Waals surface area contributed by atoms with Gasteiger partial charge < -0.3 is 0 Å². The third-order valence-corrected chi connectivity index (χ3v) is 5.58. The van der Waals surface area contributed by atoms with Crippen molar-refractivity contribution in [2.75, 3.05) is 0 Å². The second kappa shape index (κ2) is 3.96. The first kappa shape index (κ1) is 12.9. The fourth-order valence-electron chi connectivity index (χ4n) is 3.78. The molecule has 0 spiro atoms. The Labute approximate surface area is 106 Å². The summed E-state index contributed by atoms with van der Waals surface area (Å²) in [6, 6.07) is 0. The molecule has 2 unspecified atom stereocenters. The van der Waals surface area contributed by atoms with E-state index in [0.717, 1.165) is 6.42 Å². The van der Waals surface area contributed by atoms with E-state index >= 15 is 0 Å². The molecule has 0 bridgehead atoms. The van der Waals surface area contributed by atoms with Crippen LogP contribution in [0.2, 0.25) is 0 Å². The molecule has 0 N–H and O–H groups in total. The van der Waals surface area contributed by atoms with Gasteiger partial charge in [0.1, 0.15) is 5.78 Å². The van der Waals surface area contributed by atoms with E-state index in [1.54, 1.807) is 12.5 Å². The van der Waals surface area contributed by atoms with Crippen molar-refractivity contribution in [2.45, 2.75) is 60.3 Å². The van der Waals surface area contributed by atoms with Gasteiger partial charge in [0.05, 0.1) is 0 Å². The number of carbonyl (C=O) groups is 1. The minimum Gasteiger partial charge on any atom is -0.299 e. The van der Waals surface area contributed by atoms with Gasteiger partial charge in [0, 0.05) is 5.41 Å². The van der Waals surface area contributed by atoms with Crippen LogP contribution < -0.4 is 0 Å². The largest absolute Gasteiger partial charge is 0.299 e. The molecular weight excluding hydrogens is 208 g/mol. The van der Waals surface area contributed by atoms with Crippen molar-refractivity contribution >= 4 is 5.78 Å². The molecule has 0 aromatic carbocycles. The van der Waals surface area contributed by atoms with Gasteiger partial charge in [-0.1, -0.05) is 39.3 Å². The van der Waals surface area contributed by atoms with E-state index in [-0.39, 0.29) is 5.41 Å². The van der Waals surface area contributed by atoms with Gasteiger partial charge in [0.25, 0.3) is 0 Å². The van der Waals surface area contributed by atoms with Crippen molar-refractivity contribution in [2.24, 2.45) is 22.7 Å². The van der Waals surface area contributed by atoms with Gasteiger partial charge in [-0.05, 0) is 49.9 Å². The fourth-order valence-corrected chi connectivity index (χ4v) is 3.78. The Kier molecular flexibility index (Phi) is 3.00. The Bertz CT molecular complexity index is 364. The molecule has 0 radical (unpaired) electrons. The highest BCUT2D eigenvalue weighted by Crippen LogP contribution is 2.54. The summed E-state index contributed by atoms with van der Waals surface area (Å²) in [5.41, 5.74) is 1.87. The molecule has 0 amide bonds. The van der Waals surface area contributed by atoms with E-state index in [1.807, 2.05) is 0 Å². The molecule has 0 saturated heterocycles. The molecule has 96 valence electrons. The maximum atomic E-state index is 12.0. The van der Waals surface area contributed by atoms with Crippen LogP contribution in [0, 0.1) is 22.7 Å². The summed E-state index contributed by atoms with van der Waals surface area (Å²) in [5.74, 6) is 1.39. The second-order valence-corrected chi connectivity index (χ2v) is 7.10. The third-order valence-electron chi connectivity index (χ3n) is 5.58. The Hall–Kier alpha value is -0.590. The molecule has 1 fully saturated rings. The first-order chi connectivity index (χ1) is 7.77. The van der Waals surface area contributed by atoms with Crippen LogP contribution in [-0.2, 0) is 4.79 Å². The average Bonchev–Trinajstić information content (AvgIpc) is 2.21.